The van der Waals surface area contributed by atoms with Crippen molar-refractivity contribution < 1.29 is 32.3 Å². The van der Waals surface area contributed by atoms with Gasteiger partial charge in [0.25, 0.3) is 11.8 Å². The maximum Gasteiger partial charge on any atom is 0.435 e. The van der Waals surface area contributed by atoms with Crippen molar-refractivity contribution in [2.24, 2.45) is 0 Å². The lowest BCUT2D eigenvalue weighted by atomic mass is 10.0. The molecule has 4 aromatic rings. The van der Waals surface area contributed by atoms with Gasteiger partial charge in [-0.25, -0.2) is 19.5 Å². The summed E-state index contributed by atoms with van der Waals surface area (Å²) in [6.07, 6.45) is -2.88. The van der Waals surface area contributed by atoms with Crippen LogP contribution in [0.15, 0.2) is 48.8 Å². The molecule has 0 saturated carbocycles. The Morgan fingerprint density at radius 3 is 2.48 bits per heavy atom. The summed E-state index contributed by atoms with van der Waals surface area (Å²) < 4.78 is 45.9. The fourth-order valence-corrected chi connectivity index (χ4v) is 4.22. The smallest absolute Gasteiger partial charge is 0.435 e. The Labute approximate surface area is 242 Å². The van der Waals surface area contributed by atoms with Gasteiger partial charge in [0.05, 0.1) is 35.6 Å². The molecule has 0 aliphatic carbocycles. The van der Waals surface area contributed by atoms with Crippen molar-refractivity contribution in [3.05, 3.63) is 87.6 Å². The van der Waals surface area contributed by atoms with Crippen LogP contribution in [-0.2, 0) is 17.5 Å². The van der Waals surface area contributed by atoms with E-state index >= 15 is 0 Å². The van der Waals surface area contributed by atoms with Crippen LogP contribution in [0.4, 0.5) is 23.7 Å². The number of hydrogen-bond acceptors (Lipinski definition) is 7. The number of benzene rings is 1. The Hall–Kier alpha value is -4.92. The summed E-state index contributed by atoms with van der Waals surface area (Å²) in [5, 5.41) is 11.6. The molecule has 16 heteroatoms. The number of methoxy groups -OCH3 is 1. The van der Waals surface area contributed by atoms with Crippen LogP contribution in [0, 0.1) is 13.8 Å². The minimum atomic E-state index is -4.63. The SMILES string of the molecule is COC(=O)N(C)NC(=O)c1cc(C)cc(C)c1NC(=O)c1cc(Cn2ccc(C(F)(F)F)n2)nn1-c1ncccc1Cl. The van der Waals surface area contributed by atoms with E-state index in [9.17, 15) is 27.6 Å². The van der Waals surface area contributed by atoms with Crippen LogP contribution in [0.25, 0.3) is 5.82 Å². The lowest BCUT2D eigenvalue weighted by Gasteiger charge is -2.19. The van der Waals surface area contributed by atoms with Gasteiger partial charge in [-0.05, 0) is 55.3 Å². The molecule has 220 valence electrons. The molecule has 2 N–H and O–H groups in total. The molecule has 12 nitrogen and oxygen atoms in total. The monoisotopic (exact) mass is 604 g/mol. The van der Waals surface area contributed by atoms with Crippen molar-refractivity contribution >= 4 is 35.2 Å². The number of halogens is 4. The van der Waals surface area contributed by atoms with Gasteiger partial charge in [0.1, 0.15) is 5.69 Å². The van der Waals surface area contributed by atoms with E-state index in [0.29, 0.717) is 11.1 Å². The molecule has 0 unspecified atom stereocenters. The summed E-state index contributed by atoms with van der Waals surface area (Å²) in [6, 6.07) is 8.54. The predicted molar refractivity (Wildman–Crippen MR) is 144 cm³/mol. The number of rotatable bonds is 6. The van der Waals surface area contributed by atoms with Crippen LogP contribution in [0.3, 0.4) is 0 Å². The summed E-state index contributed by atoms with van der Waals surface area (Å²) >= 11 is 6.32. The van der Waals surface area contributed by atoms with Crippen LogP contribution in [-0.4, -0.2) is 61.6 Å². The first-order valence-electron chi connectivity index (χ1n) is 12.1. The molecule has 0 aliphatic heterocycles. The van der Waals surface area contributed by atoms with Crippen molar-refractivity contribution in [1.82, 2.24) is 35.0 Å². The lowest BCUT2D eigenvalue weighted by Crippen LogP contribution is -2.43. The molecule has 0 aliphatic rings. The topological polar surface area (TPSA) is 136 Å². The summed E-state index contributed by atoms with van der Waals surface area (Å²) in [7, 11) is 2.44. The Bertz CT molecular complexity index is 1670. The first kappa shape index (κ1) is 30.0. The molecule has 0 atom stereocenters. The lowest BCUT2D eigenvalue weighted by molar-refractivity contribution is -0.141. The van der Waals surface area contributed by atoms with E-state index < -0.39 is 29.8 Å². The minimum Gasteiger partial charge on any atom is -0.452 e. The van der Waals surface area contributed by atoms with Gasteiger partial charge in [0, 0.05) is 19.4 Å². The molecule has 42 heavy (non-hydrogen) atoms. The number of nitrogens with zero attached hydrogens (tertiary/aromatic N) is 6. The van der Waals surface area contributed by atoms with Gasteiger partial charge < -0.3 is 10.1 Å². The van der Waals surface area contributed by atoms with Gasteiger partial charge in [-0.15, -0.1) is 0 Å². The van der Waals surface area contributed by atoms with Gasteiger partial charge in [0.2, 0.25) is 0 Å². The number of alkyl halides is 3. The third-order valence-corrected chi connectivity index (χ3v) is 6.16. The highest BCUT2D eigenvalue weighted by Gasteiger charge is 2.33. The summed E-state index contributed by atoms with van der Waals surface area (Å²) in [4.78, 5) is 42.7. The third kappa shape index (κ3) is 6.52. The number of hydrogen-bond donors (Lipinski definition) is 2. The van der Waals surface area contributed by atoms with Crippen LogP contribution in [0.5, 0.6) is 0 Å². The summed E-state index contributed by atoms with van der Waals surface area (Å²) in [6.45, 7) is 3.23. The number of hydrazine groups is 1. The molecule has 3 aromatic heterocycles. The van der Waals surface area contributed by atoms with E-state index in [4.69, 9.17) is 11.6 Å². The minimum absolute atomic E-state index is 0.0509. The Morgan fingerprint density at radius 2 is 1.83 bits per heavy atom. The largest absolute Gasteiger partial charge is 0.452 e. The fraction of sp³-hybridized carbons (Fsp3) is 0.231. The van der Waals surface area contributed by atoms with Crippen molar-refractivity contribution in [2.45, 2.75) is 26.6 Å². The average Bonchev–Trinajstić information content (AvgIpc) is 3.57. The molecular formula is C26H24ClF3N8O4. The van der Waals surface area contributed by atoms with E-state index in [1.54, 1.807) is 26.0 Å². The van der Waals surface area contributed by atoms with Gasteiger partial charge in [-0.1, -0.05) is 17.7 Å². The number of ether oxygens (including phenoxy) is 1. The zero-order valence-corrected chi connectivity index (χ0v) is 23.4. The number of aryl methyl sites for hydroxylation is 2. The summed E-state index contributed by atoms with van der Waals surface area (Å²) in [5.74, 6) is -1.34. The normalized spacial score (nSPS) is 11.2. The van der Waals surface area contributed by atoms with Crippen LogP contribution >= 0.6 is 11.6 Å². The number of amides is 3. The molecule has 4 rings (SSSR count). The second kappa shape index (κ2) is 11.9. The van der Waals surface area contributed by atoms with E-state index in [1.165, 1.54) is 31.4 Å². The number of carbonyl (C=O) groups is 3. The summed E-state index contributed by atoms with van der Waals surface area (Å²) in [5.41, 5.74) is 2.84. The van der Waals surface area contributed by atoms with Crippen molar-refractivity contribution in [3.8, 4) is 5.82 Å². The first-order chi connectivity index (χ1) is 19.8. The second-order valence-corrected chi connectivity index (χ2v) is 9.47. The molecule has 3 heterocycles. The van der Waals surface area contributed by atoms with E-state index in [-0.39, 0.29) is 40.0 Å². The predicted octanol–water partition coefficient (Wildman–Crippen LogP) is 4.40. The standard InChI is InChI=1S/C26H24ClF3N8O4/c1-14-10-15(2)21(17(11-14)23(39)35-36(3)25(41)42-4)32-24(40)19-12-16(13-37-9-7-20(34-37)26(28,29)30)33-38(19)22-18(27)6-5-8-31-22/h5-12H,13H2,1-4H3,(H,32,40)(H,35,39). The number of carbonyl (C=O) groups excluding carboxylic acids is 3. The second-order valence-electron chi connectivity index (χ2n) is 9.07. The van der Waals surface area contributed by atoms with E-state index in [1.807, 2.05) is 0 Å². The Morgan fingerprint density at radius 1 is 1.10 bits per heavy atom. The van der Waals surface area contributed by atoms with Gasteiger partial charge >= 0.3 is 12.3 Å². The molecule has 1 aromatic carbocycles. The number of anilines is 1. The van der Waals surface area contributed by atoms with Crippen LogP contribution in [0.2, 0.25) is 5.02 Å². The maximum atomic E-state index is 13.7. The zero-order chi connectivity index (χ0) is 30.8. The van der Waals surface area contributed by atoms with Crippen molar-refractivity contribution in [1.29, 1.82) is 0 Å². The highest BCUT2D eigenvalue weighted by molar-refractivity contribution is 6.32. The highest BCUT2D eigenvalue weighted by atomic mass is 35.5. The average molecular weight is 605 g/mol. The highest BCUT2D eigenvalue weighted by Crippen LogP contribution is 2.28. The first-order valence-corrected chi connectivity index (χ1v) is 12.5. The number of pyridine rings is 1. The molecule has 3 amide bonds. The third-order valence-electron chi connectivity index (χ3n) is 5.87. The maximum absolute atomic E-state index is 13.7. The van der Waals surface area contributed by atoms with Gasteiger partial charge in [-0.3, -0.25) is 19.7 Å². The number of aromatic nitrogens is 5. The Kier molecular flexibility index (Phi) is 8.51. The molecular weight excluding hydrogens is 581 g/mol. The van der Waals surface area contributed by atoms with E-state index in [2.05, 4.69) is 30.7 Å². The molecule has 0 spiro atoms. The Balaban J connectivity index is 1.72. The zero-order valence-electron chi connectivity index (χ0n) is 22.7. The van der Waals surface area contributed by atoms with Crippen LogP contribution in [0.1, 0.15) is 43.4 Å². The quantitative estimate of drug-likeness (QED) is 0.311. The molecule has 0 radical (unpaired) electrons. The van der Waals surface area contributed by atoms with Crippen LogP contribution < -0.4 is 10.7 Å². The van der Waals surface area contributed by atoms with Gasteiger partial charge in [0.15, 0.2) is 11.5 Å². The van der Waals surface area contributed by atoms with E-state index in [0.717, 1.165) is 33.7 Å². The fourth-order valence-electron chi connectivity index (χ4n) is 4.02. The molecule has 0 saturated heterocycles. The van der Waals surface area contributed by atoms with Crippen molar-refractivity contribution in [2.75, 3.05) is 19.5 Å². The molecule has 0 bridgehead atoms. The number of nitrogens with one attached hydrogen (secondary N) is 2. The van der Waals surface area contributed by atoms with Gasteiger partial charge in [-0.2, -0.15) is 23.4 Å². The van der Waals surface area contributed by atoms with Crippen molar-refractivity contribution in [3.63, 3.8) is 0 Å². The molecule has 0 fully saturated rings.